The second-order valence-corrected chi connectivity index (χ2v) is 6.61. The van der Waals surface area contributed by atoms with Gasteiger partial charge in [-0.15, -0.1) is 0 Å². The molecule has 1 aliphatic rings. The third kappa shape index (κ3) is 3.00. The molecule has 1 N–H and O–H groups in total. The van der Waals surface area contributed by atoms with E-state index in [1.165, 1.54) is 11.0 Å². The molecule has 0 amide bonds. The lowest BCUT2D eigenvalue weighted by Crippen LogP contribution is -2.36. The van der Waals surface area contributed by atoms with Crippen molar-refractivity contribution in [2.24, 2.45) is 0 Å². The maximum absolute atomic E-state index is 12.3. The van der Waals surface area contributed by atoms with Crippen molar-refractivity contribution in [2.75, 3.05) is 13.1 Å². The van der Waals surface area contributed by atoms with Crippen molar-refractivity contribution in [1.29, 1.82) is 5.26 Å². The summed E-state index contributed by atoms with van der Waals surface area (Å²) in [6.07, 6.45) is 2.65. The smallest absolute Gasteiger partial charge is 0.241 e. The van der Waals surface area contributed by atoms with Gasteiger partial charge in [-0.05, 0) is 31.0 Å². The first-order chi connectivity index (χ1) is 8.94. The number of halogens is 1. The predicted octanol–water partition coefficient (Wildman–Crippen LogP) is 1.48. The number of likely N-dealkylation sites (tertiary alicyclic amines) is 1. The van der Waals surface area contributed by atoms with Gasteiger partial charge in [0.2, 0.25) is 10.0 Å². The van der Waals surface area contributed by atoms with Gasteiger partial charge in [0.1, 0.15) is 0 Å². The standard InChI is InChI=1S/C12H14ClN3O2S/c1-9-11(13)3-2-4-12(9)19(17,18)15-10-5-6-16(7-10)8-14/h2-4,10,15H,5-7H2,1H3. The fraction of sp³-hybridized carbons (Fsp3) is 0.417. The van der Waals surface area contributed by atoms with Gasteiger partial charge in [-0.2, -0.15) is 5.26 Å². The summed E-state index contributed by atoms with van der Waals surface area (Å²) in [7, 11) is -3.60. The van der Waals surface area contributed by atoms with Gasteiger partial charge < -0.3 is 4.90 Å². The van der Waals surface area contributed by atoms with Crippen LogP contribution in [-0.4, -0.2) is 32.4 Å². The number of nitrogens with one attached hydrogen (secondary N) is 1. The number of benzene rings is 1. The number of nitriles is 1. The van der Waals surface area contributed by atoms with E-state index in [4.69, 9.17) is 16.9 Å². The Balaban J connectivity index is 2.20. The zero-order valence-electron chi connectivity index (χ0n) is 10.4. The second-order valence-electron chi connectivity index (χ2n) is 4.52. The molecule has 1 fully saturated rings. The van der Waals surface area contributed by atoms with E-state index in [0.29, 0.717) is 30.1 Å². The van der Waals surface area contributed by atoms with Crippen LogP contribution < -0.4 is 4.72 Å². The third-order valence-electron chi connectivity index (χ3n) is 3.16. The molecule has 1 aromatic rings. The largest absolute Gasteiger partial charge is 0.309 e. The summed E-state index contributed by atoms with van der Waals surface area (Å²) in [5.74, 6) is 0. The first-order valence-electron chi connectivity index (χ1n) is 5.86. The molecule has 2 rings (SSSR count). The fourth-order valence-electron chi connectivity index (χ4n) is 2.11. The molecule has 1 atom stereocenters. The van der Waals surface area contributed by atoms with Gasteiger partial charge in [-0.25, -0.2) is 13.1 Å². The van der Waals surface area contributed by atoms with Crippen molar-refractivity contribution in [3.63, 3.8) is 0 Å². The third-order valence-corrected chi connectivity index (χ3v) is 5.23. The Hall–Kier alpha value is -1.29. The van der Waals surface area contributed by atoms with E-state index < -0.39 is 10.0 Å². The van der Waals surface area contributed by atoms with E-state index in [1.54, 1.807) is 19.1 Å². The highest BCUT2D eigenvalue weighted by Gasteiger charge is 2.27. The van der Waals surface area contributed by atoms with E-state index in [-0.39, 0.29) is 10.9 Å². The average molecular weight is 300 g/mol. The number of hydrogen-bond acceptors (Lipinski definition) is 4. The summed E-state index contributed by atoms with van der Waals surface area (Å²) in [6, 6.07) is 4.56. The van der Waals surface area contributed by atoms with Crippen LogP contribution in [0.1, 0.15) is 12.0 Å². The Labute approximate surface area is 117 Å². The van der Waals surface area contributed by atoms with E-state index in [1.807, 2.05) is 6.19 Å². The SMILES string of the molecule is Cc1c(Cl)cccc1S(=O)(=O)NC1CCN(C#N)C1. The normalized spacial score (nSPS) is 19.4. The molecular weight excluding hydrogens is 286 g/mol. The summed E-state index contributed by atoms with van der Waals surface area (Å²) in [5.41, 5.74) is 0.534. The summed E-state index contributed by atoms with van der Waals surface area (Å²) in [4.78, 5) is 1.73. The maximum atomic E-state index is 12.3. The fourth-order valence-corrected chi connectivity index (χ4v) is 3.87. The zero-order valence-corrected chi connectivity index (χ0v) is 12.0. The van der Waals surface area contributed by atoms with Gasteiger partial charge in [0, 0.05) is 24.2 Å². The Morgan fingerprint density at radius 3 is 2.89 bits per heavy atom. The first kappa shape index (κ1) is 14.1. The highest BCUT2D eigenvalue weighted by molar-refractivity contribution is 7.89. The molecule has 0 aromatic heterocycles. The average Bonchev–Trinajstić information content (AvgIpc) is 2.79. The van der Waals surface area contributed by atoms with Crippen molar-refractivity contribution in [1.82, 2.24) is 9.62 Å². The van der Waals surface area contributed by atoms with Crippen LogP contribution in [0.15, 0.2) is 23.1 Å². The van der Waals surface area contributed by atoms with E-state index in [2.05, 4.69) is 4.72 Å². The summed E-state index contributed by atoms with van der Waals surface area (Å²) < 4.78 is 27.2. The van der Waals surface area contributed by atoms with Gasteiger partial charge in [-0.1, -0.05) is 17.7 Å². The molecule has 0 aliphatic carbocycles. The minimum Gasteiger partial charge on any atom is -0.309 e. The van der Waals surface area contributed by atoms with Gasteiger partial charge in [-0.3, -0.25) is 0 Å². The lowest BCUT2D eigenvalue weighted by molar-refractivity contribution is 0.470. The predicted molar refractivity (Wildman–Crippen MR) is 72.1 cm³/mol. The highest BCUT2D eigenvalue weighted by atomic mass is 35.5. The molecule has 19 heavy (non-hydrogen) atoms. The summed E-state index contributed by atoms with van der Waals surface area (Å²) in [6.45, 7) is 2.67. The van der Waals surface area contributed by atoms with Gasteiger partial charge in [0.05, 0.1) is 4.90 Å². The topological polar surface area (TPSA) is 73.2 Å². The van der Waals surface area contributed by atoms with Crippen LogP contribution in [-0.2, 0) is 10.0 Å². The summed E-state index contributed by atoms with van der Waals surface area (Å²) >= 11 is 5.94. The number of hydrogen-bond donors (Lipinski definition) is 1. The molecule has 102 valence electrons. The van der Waals surface area contributed by atoms with Crippen molar-refractivity contribution < 1.29 is 8.42 Å². The lowest BCUT2D eigenvalue weighted by Gasteiger charge is -2.14. The Morgan fingerprint density at radius 1 is 1.53 bits per heavy atom. The molecule has 1 aliphatic heterocycles. The Kier molecular flexibility index (Phi) is 3.99. The van der Waals surface area contributed by atoms with Crippen LogP contribution >= 0.6 is 11.6 Å². The molecule has 1 unspecified atom stereocenters. The van der Waals surface area contributed by atoms with Crippen molar-refractivity contribution in [2.45, 2.75) is 24.3 Å². The number of sulfonamides is 1. The van der Waals surface area contributed by atoms with Gasteiger partial charge >= 0.3 is 0 Å². The zero-order chi connectivity index (χ0) is 14.0. The van der Waals surface area contributed by atoms with E-state index >= 15 is 0 Å². The molecule has 1 saturated heterocycles. The van der Waals surface area contributed by atoms with Crippen molar-refractivity contribution in [3.05, 3.63) is 28.8 Å². The molecular formula is C12H14ClN3O2S. The monoisotopic (exact) mass is 299 g/mol. The first-order valence-corrected chi connectivity index (χ1v) is 7.72. The summed E-state index contributed by atoms with van der Waals surface area (Å²) in [5, 5.41) is 9.18. The van der Waals surface area contributed by atoms with Crippen molar-refractivity contribution in [3.8, 4) is 6.19 Å². The van der Waals surface area contributed by atoms with E-state index in [0.717, 1.165) is 0 Å². The van der Waals surface area contributed by atoms with Crippen LogP contribution in [0.25, 0.3) is 0 Å². The minimum atomic E-state index is -3.60. The molecule has 5 nitrogen and oxygen atoms in total. The lowest BCUT2D eigenvalue weighted by atomic mass is 10.2. The second kappa shape index (κ2) is 5.37. The van der Waals surface area contributed by atoms with Gasteiger partial charge in [0.25, 0.3) is 0 Å². The Bertz CT molecular complexity index is 624. The molecule has 7 heteroatoms. The molecule has 1 heterocycles. The van der Waals surface area contributed by atoms with Crippen LogP contribution in [0.2, 0.25) is 5.02 Å². The minimum absolute atomic E-state index is 0.190. The molecule has 1 aromatic carbocycles. The molecule has 0 bridgehead atoms. The van der Waals surface area contributed by atoms with Crippen LogP contribution in [0.5, 0.6) is 0 Å². The maximum Gasteiger partial charge on any atom is 0.241 e. The van der Waals surface area contributed by atoms with Crippen LogP contribution in [0.4, 0.5) is 0 Å². The highest BCUT2D eigenvalue weighted by Crippen LogP contribution is 2.23. The molecule has 0 saturated carbocycles. The number of nitrogens with zero attached hydrogens (tertiary/aromatic N) is 2. The van der Waals surface area contributed by atoms with E-state index in [9.17, 15) is 8.42 Å². The van der Waals surface area contributed by atoms with Crippen LogP contribution in [0.3, 0.4) is 0 Å². The molecule has 0 radical (unpaired) electrons. The van der Waals surface area contributed by atoms with Crippen molar-refractivity contribution >= 4 is 21.6 Å². The van der Waals surface area contributed by atoms with Gasteiger partial charge in [0.15, 0.2) is 6.19 Å². The van der Waals surface area contributed by atoms with Crippen LogP contribution in [0, 0.1) is 18.4 Å². The molecule has 0 spiro atoms. The Morgan fingerprint density at radius 2 is 2.26 bits per heavy atom. The number of rotatable bonds is 3. The quantitative estimate of drug-likeness (QED) is 0.858.